The third-order valence-electron chi connectivity index (χ3n) is 3.34. The van der Waals surface area contributed by atoms with Crippen molar-refractivity contribution in [2.24, 2.45) is 5.92 Å². The van der Waals surface area contributed by atoms with Crippen molar-refractivity contribution in [2.75, 3.05) is 11.9 Å². The van der Waals surface area contributed by atoms with Gasteiger partial charge in [0.25, 0.3) is 11.8 Å². The fourth-order valence-corrected chi connectivity index (χ4v) is 2.69. The van der Waals surface area contributed by atoms with Crippen LogP contribution in [-0.4, -0.2) is 28.1 Å². The van der Waals surface area contributed by atoms with Crippen molar-refractivity contribution >= 4 is 40.1 Å². The molecule has 1 aromatic carbocycles. The van der Waals surface area contributed by atoms with Crippen molar-refractivity contribution in [3.05, 3.63) is 45.3 Å². The molecule has 2 amide bonds. The molecular formula is C17H21IN4O2. The van der Waals surface area contributed by atoms with E-state index in [1.807, 2.05) is 39.0 Å². The fourth-order valence-electron chi connectivity index (χ4n) is 2.06. The highest BCUT2D eigenvalue weighted by atomic mass is 127. The average Bonchev–Trinajstić information content (AvgIpc) is 2.96. The highest BCUT2D eigenvalue weighted by Crippen LogP contribution is 2.18. The second-order valence-electron chi connectivity index (χ2n) is 5.78. The number of nitrogens with zero attached hydrogens (tertiary/aromatic N) is 2. The number of halogens is 1. The van der Waals surface area contributed by atoms with Crippen LogP contribution in [-0.2, 0) is 6.54 Å². The van der Waals surface area contributed by atoms with Crippen LogP contribution in [0.5, 0.6) is 0 Å². The number of rotatable bonds is 6. The maximum atomic E-state index is 12.5. The lowest BCUT2D eigenvalue weighted by atomic mass is 10.2. The SMILES string of the molecule is CCn1cc(NC(=O)c2ccccc2I)c(C(=O)NCC(C)C)n1. The van der Waals surface area contributed by atoms with Gasteiger partial charge in [-0.3, -0.25) is 14.3 Å². The van der Waals surface area contributed by atoms with E-state index >= 15 is 0 Å². The third-order valence-corrected chi connectivity index (χ3v) is 4.28. The van der Waals surface area contributed by atoms with E-state index in [1.54, 1.807) is 16.9 Å². The first-order valence-corrected chi connectivity index (χ1v) is 8.91. The van der Waals surface area contributed by atoms with Crippen molar-refractivity contribution in [2.45, 2.75) is 27.3 Å². The zero-order valence-corrected chi connectivity index (χ0v) is 16.1. The Balaban J connectivity index is 2.23. The molecule has 1 aromatic heterocycles. The van der Waals surface area contributed by atoms with Crippen molar-refractivity contribution < 1.29 is 9.59 Å². The summed E-state index contributed by atoms with van der Waals surface area (Å²) in [5.41, 5.74) is 1.22. The first-order chi connectivity index (χ1) is 11.4. The molecule has 0 fully saturated rings. The quantitative estimate of drug-likeness (QED) is 0.678. The zero-order chi connectivity index (χ0) is 17.7. The first-order valence-electron chi connectivity index (χ1n) is 7.83. The number of aromatic nitrogens is 2. The molecule has 0 aliphatic carbocycles. The van der Waals surface area contributed by atoms with Gasteiger partial charge in [-0.05, 0) is 47.6 Å². The van der Waals surface area contributed by atoms with Crippen LogP contribution >= 0.6 is 22.6 Å². The van der Waals surface area contributed by atoms with Gasteiger partial charge >= 0.3 is 0 Å². The third kappa shape index (κ3) is 4.56. The molecule has 0 saturated heterocycles. The number of hydrogen-bond donors (Lipinski definition) is 2. The lowest BCUT2D eigenvalue weighted by Gasteiger charge is -2.08. The van der Waals surface area contributed by atoms with E-state index in [2.05, 4.69) is 38.3 Å². The highest BCUT2D eigenvalue weighted by Gasteiger charge is 2.19. The average molecular weight is 440 g/mol. The highest BCUT2D eigenvalue weighted by molar-refractivity contribution is 14.1. The summed E-state index contributed by atoms with van der Waals surface area (Å²) >= 11 is 2.11. The molecule has 2 N–H and O–H groups in total. The molecule has 0 saturated carbocycles. The van der Waals surface area contributed by atoms with Crippen molar-refractivity contribution in [3.8, 4) is 0 Å². The Hall–Kier alpha value is -1.90. The summed E-state index contributed by atoms with van der Waals surface area (Å²) in [6.07, 6.45) is 1.68. The molecule has 0 aliphatic rings. The van der Waals surface area contributed by atoms with Crippen molar-refractivity contribution in [1.29, 1.82) is 0 Å². The summed E-state index contributed by atoms with van der Waals surface area (Å²) in [7, 11) is 0. The van der Waals surface area contributed by atoms with Crippen LogP contribution in [0.15, 0.2) is 30.5 Å². The Morgan fingerprint density at radius 2 is 1.96 bits per heavy atom. The maximum Gasteiger partial charge on any atom is 0.273 e. The van der Waals surface area contributed by atoms with Crippen LogP contribution in [0.25, 0.3) is 0 Å². The van der Waals surface area contributed by atoms with Gasteiger partial charge in [0, 0.05) is 22.9 Å². The zero-order valence-electron chi connectivity index (χ0n) is 14.0. The smallest absolute Gasteiger partial charge is 0.273 e. The molecule has 7 heteroatoms. The molecule has 2 rings (SSSR count). The minimum Gasteiger partial charge on any atom is -0.350 e. The second kappa shape index (κ2) is 8.27. The Morgan fingerprint density at radius 1 is 1.25 bits per heavy atom. The summed E-state index contributed by atoms with van der Waals surface area (Å²) < 4.78 is 2.48. The number of amides is 2. The van der Waals surface area contributed by atoms with Gasteiger partial charge in [-0.25, -0.2) is 0 Å². The van der Waals surface area contributed by atoms with E-state index < -0.39 is 0 Å². The van der Waals surface area contributed by atoms with Gasteiger partial charge in [0.2, 0.25) is 0 Å². The largest absolute Gasteiger partial charge is 0.350 e. The molecule has 1 heterocycles. The van der Waals surface area contributed by atoms with Crippen LogP contribution < -0.4 is 10.6 Å². The van der Waals surface area contributed by atoms with Gasteiger partial charge in [-0.2, -0.15) is 5.10 Å². The standard InChI is InChI=1S/C17H21IN4O2/c1-4-22-10-14(15(21-22)17(24)19-9-11(2)3)20-16(23)12-7-5-6-8-13(12)18/h5-8,10-11H,4,9H2,1-3H3,(H,19,24)(H,20,23). The number of benzene rings is 1. The van der Waals surface area contributed by atoms with E-state index in [-0.39, 0.29) is 17.5 Å². The summed E-state index contributed by atoms with van der Waals surface area (Å²) in [5, 5.41) is 9.90. The van der Waals surface area contributed by atoms with Crippen molar-refractivity contribution in [3.63, 3.8) is 0 Å². The number of carbonyl (C=O) groups is 2. The normalized spacial score (nSPS) is 10.7. The molecule has 128 valence electrons. The van der Waals surface area contributed by atoms with Gasteiger partial charge in [0.15, 0.2) is 5.69 Å². The monoisotopic (exact) mass is 440 g/mol. The molecule has 0 aliphatic heterocycles. The van der Waals surface area contributed by atoms with Gasteiger partial charge in [0.05, 0.1) is 11.3 Å². The minimum atomic E-state index is -0.283. The van der Waals surface area contributed by atoms with Crippen LogP contribution in [0, 0.1) is 9.49 Å². The predicted octanol–water partition coefficient (Wildman–Crippen LogP) is 3.15. The molecule has 0 atom stereocenters. The molecule has 24 heavy (non-hydrogen) atoms. The van der Waals surface area contributed by atoms with Crippen LogP contribution in [0.2, 0.25) is 0 Å². The predicted molar refractivity (Wildman–Crippen MR) is 102 cm³/mol. The van der Waals surface area contributed by atoms with E-state index in [4.69, 9.17) is 0 Å². The molecule has 0 bridgehead atoms. The molecule has 0 radical (unpaired) electrons. The van der Waals surface area contributed by atoms with Crippen LogP contribution in [0.3, 0.4) is 0 Å². The summed E-state index contributed by atoms with van der Waals surface area (Å²) in [4.78, 5) is 24.8. The van der Waals surface area contributed by atoms with E-state index in [0.29, 0.717) is 30.3 Å². The Bertz CT molecular complexity index is 740. The topological polar surface area (TPSA) is 76.0 Å². The van der Waals surface area contributed by atoms with Gasteiger partial charge in [0.1, 0.15) is 0 Å². The number of carbonyl (C=O) groups excluding carboxylic acids is 2. The van der Waals surface area contributed by atoms with E-state index in [1.165, 1.54) is 0 Å². The molecule has 0 unspecified atom stereocenters. The van der Waals surface area contributed by atoms with E-state index in [9.17, 15) is 9.59 Å². The fraction of sp³-hybridized carbons (Fsp3) is 0.353. The molecule has 6 nitrogen and oxygen atoms in total. The summed E-state index contributed by atoms with van der Waals surface area (Å²) in [5.74, 6) is -0.200. The molecule has 0 spiro atoms. The lowest BCUT2D eigenvalue weighted by Crippen LogP contribution is -2.28. The van der Waals surface area contributed by atoms with Crippen LogP contribution in [0.4, 0.5) is 5.69 Å². The van der Waals surface area contributed by atoms with Crippen molar-refractivity contribution in [1.82, 2.24) is 15.1 Å². The molecule has 2 aromatic rings. The summed E-state index contributed by atoms with van der Waals surface area (Å²) in [6, 6.07) is 7.29. The van der Waals surface area contributed by atoms with Crippen LogP contribution in [0.1, 0.15) is 41.6 Å². The Morgan fingerprint density at radius 3 is 2.58 bits per heavy atom. The molecular weight excluding hydrogens is 419 g/mol. The maximum absolute atomic E-state index is 12.5. The number of aryl methyl sites for hydroxylation is 1. The number of hydrogen-bond acceptors (Lipinski definition) is 3. The Kier molecular flexibility index (Phi) is 6.36. The van der Waals surface area contributed by atoms with Gasteiger partial charge in [-0.15, -0.1) is 0 Å². The lowest BCUT2D eigenvalue weighted by molar-refractivity contribution is 0.0944. The first kappa shape index (κ1) is 18.4. The Labute approximate surface area is 155 Å². The number of nitrogens with one attached hydrogen (secondary N) is 2. The summed E-state index contributed by atoms with van der Waals surface area (Å²) in [6.45, 7) is 7.13. The van der Waals surface area contributed by atoms with Gasteiger partial charge in [-0.1, -0.05) is 26.0 Å². The minimum absolute atomic E-state index is 0.233. The van der Waals surface area contributed by atoms with E-state index in [0.717, 1.165) is 3.57 Å². The van der Waals surface area contributed by atoms with Gasteiger partial charge < -0.3 is 10.6 Å². The number of anilines is 1. The second-order valence-corrected chi connectivity index (χ2v) is 6.95.